The maximum Gasteiger partial charge on any atom is 0.306 e. The van der Waals surface area contributed by atoms with Gasteiger partial charge in [-0.05, 0) is 77.0 Å². The van der Waals surface area contributed by atoms with Gasteiger partial charge in [-0.15, -0.1) is 0 Å². The molecule has 0 fully saturated rings. The molecule has 0 aliphatic carbocycles. The molecule has 0 aromatic carbocycles. The summed E-state index contributed by atoms with van der Waals surface area (Å²) in [6.45, 7) is 6.61. The lowest BCUT2D eigenvalue weighted by Gasteiger charge is -2.18. The Morgan fingerprint density at radius 2 is 0.500 bits per heavy atom. The van der Waals surface area contributed by atoms with Crippen LogP contribution in [-0.2, 0) is 28.6 Å². The van der Waals surface area contributed by atoms with Crippen molar-refractivity contribution in [3.8, 4) is 0 Å². The van der Waals surface area contributed by atoms with Crippen LogP contribution in [0.3, 0.4) is 0 Å². The van der Waals surface area contributed by atoms with Crippen LogP contribution in [-0.4, -0.2) is 37.2 Å². The molecular weight excluding hydrogens is 937 g/mol. The van der Waals surface area contributed by atoms with Gasteiger partial charge < -0.3 is 14.2 Å². The third-order valence-electron chi connectivity index (χ3n) is 15.0. The van der Waals surface area contributed by atoms with Crippen LogP contribution in [0.2, 0.25) is 0 Å². The van der Waals surface area contributed by atoms with E-state index in [2.05, 4.69) is 69.4 Å². The van der Waals surface area contributed by atoms with E-state index in [0.717, 1.165) is 83.5 Å². The van der Waals surface area contributed by atoms with Gasteiger partial charge in [-0.1, -0.05) is 313 Å². The van der Waals surface area contributed by atoms with E-state index in [1.54, 1.807) is 0 Å². The van der Waals surface area contributed by atoms with E-state index in [-0.39, 0.29) is 31.1 Å². The lowest BCUT2D eigenvalue weighted by molar-refractivity contribution is -0.167. The molecule has 1 atom stereocenters. The molecule has 0 spiro atoms. The molecule has 0 heterocycles. The van der Waals surface area contributed by atoms with Crippen molar-refractivity contribution in [3.05, 3.63) is 48.6 Å². The predicted molar refractivity (Wildman–Crippen MR) is 330 cm³/mol. The third-order valence-corrected chi connectivity index (χ3v) is 15.0. The molecule has 0 rings (SSSR count). The van der Waals surface area contributed by atoms with E-state index in [0.29, 0.717) is 19.3 Å². The number of hydrogen-bond donors (Lipinski definition) is 0. The van der Waals surface area contributed by atoms with Gasteiger partial charge in [0.1, 0.15) is 13.2 Å². The summed E-state index contributed by atoms with van der Waals surface area (Å²) >= 11 is 0. The zero-order chi connectivity index (χ0) is 55.0. The quantitative estimate of drug-likeness (QED) is 0.0261. The summed E-state index contributed by atoms with van der Waals surface area (Å²) in [7, 11) is 0. The second-order valence-corrected chi connectivity index (χ2v) is 22.7. The highest BCUT2D eigenvalue weighted by Crippen LogP contribution is 2.18. The highest BCUT2D eigenvalue weighted by atomic mass is 16.6. The molecule has 0 aromatic heterocycles. The molecule has 1 unspecified atom stereocenters. The largest absolute Gasteiger partial charge is 0.462 e. The minimum atomic E-state index is -0.776. The lowest BCUT2D eigenvalue weighted by atomic mass is 10.0. The molecule has 0 aromatic rings. The minimum Gasteiger partial charge on any atom is -0.462 e. The van der Waals surface area contributed by atoms with Gasteiger partial charge >= 0.3 is 17.9 Å². The maximum atomic E-state index is 12.9. The summed E-state index contributed by atoms with van der Waals surface area (Å²) in [5, 5.41) is 0. The monoisotopic (exact) mass is 1060 g/mol. The standard InChI is InChI=1S/C70H128O6/c1-4-7-10-13-16-19-22-24-26-28-30-32-34-35-37-38-40-42-44-46-48-51-54-57-60-63-69(72)75-66-67(65-74-68(71)62-59-56-53-50-21-18-15-12-9-6-3)76-70(73)64-61-58-55-52-49-47-45-43-41-39-36-33-31-29-27-25-23-20-17-14-11-8-5-2/h12,15,22,24,28,30,34-35,67H,4-11,13-14,16-21,23,25-27,29,31-33,36-66H2,1-3H3/b15-12-,24-22-,30-28-,35-34-. The lowest BCUT2D eigenvalue weighted by Crippen LogP contribution is -2.30. The average Bonchev–Trinajstić information content (AvgIpc) is 3.42. The van der Waals surface area contributed by atoms with Crippen molar-refractivity contribution >= 4 is 17.9 Å². The first-order chi connectivity index (χ1) is 37.5. The van der Waals surface area contributed by atoms with E-state index >= 15 is 0 Å². The highest BCUT2D eigenvalue weighted by molar-refractivity contribution is 5.71. The van der Waals surface area contributed by atoms with Crippen molar-refractivity contribution in [2.75, 3.05) is 13.2 Å². The Bertz CT molecular complexity index is 1310. The molecule has 0 N–H and O–H groups in total. The summed E-state index contributed by atoms with van der Waals surface area (Å²) < 4.78 is 16.9. The van der Waals surface area contributed by atoms with Gasteiger partial charge in [0.2, 0.25) is 0 Å². The smallest absolute Gasteiger partial charge is 0.306 e. The first-order valence-corrected chi connectivity index (χ1v) is 33.6. The summed E-state index contributed by atoms with van der Waals surface area (Å²) in [6, 6.07) is 0. The van der Waals surface area contributed by atoms with Crippen molar-refractivity contribution in [2.24, 2.45) is 0 Å². The van der Waals surface area contributed by atoms with Crippen LogP contribution in [0.1, 0.15) is 361 Å². The van der Waals surface area contributed by atoms with Gasteiger partial charge in [-0.3, -0.25) is 14.4 Å². The van der Waals surface area contributed by atoms with Gasteiger partial charge in [0.05, 0.1) is 0 Å². The van der Waals surface area contributed by atoms with Crippen molar-refractivity contribution in [2.45, 2.75) is 367 Å². The number of ether oxygens (including phenoxy) is 3. The fraction of sp³-hybridized carbons (Fsp3) is 0.843. The fourth-order valence-electron chi connectivity index (χ4n) is 9.99. The molecule has 0 radical (unpaired) electrons. The second-order valence-electron chi connectivity index (χ2n) is 22.7. The molecule has 0 saturated carbocycles. The van der Waals surface area contributed by atoms with Crippen molar-refractivity contribution in [1.82, 2.24) is 0 Å². The Balaban J connectivity index is 4.19. The van der Waals surface area contributed by atoms with Crippen LogP contribution in [0.4, 0.5) is 0 Å². The molecule has 76 heavy (non-hydrogen) atoms. The minimum absolute atomic E-state index is 0.0744. The molecule has 0 aliphatic rings. The van der Waals surface area contributed by atoms with E-state index in [1.165, 1.54) is 238 Å². The van der Waals surface area contributed by atoms with Gasteiger partial charge in [0.15, 0.2) is 6.10 Å². The topological polar surface area (TPSA) is 78.9 Å². The van der Waals surface area contributed by atoms with Crippen molar-refractivity contribution in [1.29, 1.82) is 0 Å². The van der Waals surface area contributed by atoms with E-state index in [4.69, 9.17) is 14.2 Å². The van der Waals surface area contributed by atoms with Gasteiger partial charge in [0.25, 0.3) is 0 Å². The van der Waals surface area contributed by atoms with Crippen LogP contribution in [0, 0.1) is 0 Å². The third kappa shape index (κ3) is 62.2. The second kappa shape index (κ2) is 64.9. The normalized spacial score (nSPS) is 12.3. The predicted octanol–water partition coefficient (Wildman–Crippen LogP) is 22.9. The molecule has 0 bridgehead atoms. The Morgan fingerprint density at radius 3 is 0.803 bits per heavy atom. The van der Waals surface area contributed by atoms with Crippen LogP contribution < -0.4 is 0 Å². The number of carbonyl (C=O) groups is 3. The summed E-state index contributed by atoms with van der Waals surface area (Å²) in [6.07, 6.45) is 81.4. The average molecular weight is 1070 g/mol. The number of hydrogen-bond acceptors (Lipinski definition) is 6. The number of carbonyl (C=O) groups excluding carboxylic acids is 3. The van der Waals surface area contributed by atoms with Gasteiger partial charge in [-0.2, -0.15) is 0 Å². The molecule has 0 aliphatic heterocycles. The molecule has 0 amide bonds. The van der Waals surface area contributed by atoms with Crippen LogP contribution in [0.15, 0.2) is 48.6 Å². The number of unbranched alkanes of at least 4 members (excludes halogenated alkanes) is 43. The van der Waals surface area contributed by atoms with Crippen LogP contribution >= 0.6 is 0 Å². The van der Waals surface area contributed by atoms with Crippen molar-refractivity contribution in [3.63, 3.8) is 0 Å². The Labute approximate surface area is 473 Å². The fourth-order valence-corrected chi connectivity index (χ4v) is 9.99. The molecule has 6 heteroatoms. The molecule has 0 saturated heterocycles. The summed E-state index contributed by atoms with van der Waals surface area (Å²) in [5.74, 6) is -0.867. The number of allylic oxidation sites excluding steroid dienone is 8. The van der Waals surface area contributed by atoms with E-state index in [9.17, 15) is 14.4 Å². The van der Waals surface area contributed by atoms with Gasteiger partial charge in [-0.25, -0.2) is 0 Å². The molecule has 444 valence electrons. The number of esters is 3. The summed E-state index contributed by atoms with van der Waals surface area (Å²) in [5.41, 5.74) is 0. The summed E-state index contributed by atoms with van der Waals surface area (Å²) in [4.78, 5) is 38.3. The SMILES string of the molecule is CCC/C=C\CCCCCCCC(=O)OCC(COC(=O)CCCCCCCCCCCC/C=C\C/C=C\C/C=C\CCCCCCC)OC(=O)CCCCCCCCCCCCCCCCCCCCCCCCC. The zero-order valence-electron chi connectivity index (χ0n) is 51.0. The van der Waals surface area contributed by atoms with Crippen LogP contribution in [0.5, 0.6) is 0 Å². The maximum absolute atomic E-state index is 12.9. The van der Waals surface area contributed by atoms with Crippen LogP contribution in [0.25, 0.3) is 0 Å². The first-order valence-electron chi connectivity index (χ1n) is 33.6. The molecule has 6 nitrogen and oxygen atoms in total. The number of rotatable bonds is 62. The highest BCUT2D eigenvalue weighted by Gasteiger charge is 2.19. The van der Waals surface area contributed by atoms with E-state index in [1.807, 2.05) is 0 Å². The first kappa shape index (κ1) is 73.4. The van der Waals surface area contributed by atoms with Crippen molar-refractivity contribution < 1.29 is 28.6 Å². The van der Waals surface area contributed by atoms with Gasteiger partial charge in [0, 0.05) is 19.3 Å². The Hall–Kier alpha value is -2.63. The van der Waals surface area contributed by atoms with E-state index < -0.39 is 6.10 Å². The Morgan fingerprint density at radius 1 is 0.263 bits per heavy atom. The molecular formula is C70H128O6. The zero-order valence-corrected chi connectivity index (χ0v) is 51.0. The Kier molecular flexibility index (Phi) is 62.6.